The van der Waals surface area contributed by atoms with Gasteiger partial charge >= 0.3 is 0 Å². The Morgan fingerprint density at radius 3 is 1.00 bits per heavy atom. The molecule has 16 aromatic rings. The Balaban J connectivity index is 0.823. The maximum absolute atomic E-state index is 6.53. The van der Waals surface area contributed by atoms with Crippen LogP contribution in [0.15, 0.2) is 365 Å². The van der Waals surface area contributed by atoms with Gasteiger partial charge in [0.2, 0.25) is 0 Å². The number of nitrogens with zero attached hydrogens (tertiary/aromatic N) is 2. The summed E-state index contributed by atoms with van der Waals surface area (Å²) in [6.07, 6.45) is 15.1. The molecule has 0 saturated heterocycles. The number of anilines is 6. The highest BCUT2D eigenvalue weighted by atomic mass is 16.5. The van der Waals surface area contributed by atoms with Crippen LogP contribution in [-0.4, -0.2) is 13.2 Å². The maximum atomic E-state index is 6.53. The van der Waals surface area contributed by atoms with Crippen LogP contribution in [-0.2, 0) is 34.5 Å². The van der Waals surface area contributed by atoms with Crippen molar-refractivity contribution in [2.24, 2.45) is 0 Å². The van der Waals surface area contributed by atoms with E-state index in [-0.39, 0.29) is 10.8 Å². The number of unbranched alkanes of at least 4 members (excludes halogenated alkanes) is 4. The predicted molar refractivity (Wildman–Crippen MR) is 537 cm³/mol. The molecule has 0 aromatic heterocycles. The molecule has 16 aromatic carbocycles. The minimum Gasteiger partial charge on any atom is -0.494 e. The first-order valence-corrected chi connectivity index (χ1v) is 46.0. The van der Waals surface area contributed by atoms with Crippen LogP contribution in [0, 0.1) is 0 Å². The van der Waals surface area contributed by atoms with E-state index < -0.39 is 10.8 Å². The molecule has 0 radical (unpaired) electrons. The molecule has 0 heterocycles. The predicted octanol–water partition coefficient (Wildman–Crippen LogP) is 33.6. The van der Waals surface area contributed by atoms with Crippen molar-refractivity contribution in [2.75, 3.05) is 23.0 Å². The van der Waals surface area contributed by atoms with E-state index in [1.54, 1.807) is 0 Å². The minimum atomic E-state index is -0.486. The normalized spacial score (nSPS) is 14.4. The van der Waals surface area contributed by atoms with Gasteiger partial charge in [0.15, 0.2) is 0 Å². The van der Waals surface area contributed by atoms with Gasteiger partial charge in [0, 0.05) is 44.4 Å². The summed E-state index contributed by atoms with van der Waals surface area (Å²) >= 11 is 0. The van der Waals surface area contributed by atoms with E-state index >= 15 is 0 Å². The van der Waals surface area contributed by atoms with E-state index in [0.717, 1.165) is 134 Å². The summed E-state index contributed by atoms with van der Waals surface area (Å²) in [6.45, 7) is 27.9. The van der Waals surface area contributed by atoms with Crippen molar-refractivity contribution in [1.82, 2.24) is 0 Å². The van der Waals surface area contributed by atoms with Gasteiger partial charge in [-0.2, -0.15) is 0 Å². The smallest absolute Gasteiger partial charge is 0.119 e. The topological polar surface area (TPSA) is 24.9 Å². The highest BCUT2D eigenvalue weighted by Crippen LogP contribution is 2.60. The first-order chi connectivity index (χ1) is 61.6. The van der Waals surface area contributed by atoms with Crippen molar-refractivity contribution < 1.29 is 9.47 Å². The fourth-order valence-electron chi connectivity index (χ4n) is 20.3. The molecule has 4 nitrogen and oxygen atoms in total. The molecule has 0 fully saturated rings. The lowest BCUT2D eigenvalue weighted by Gasteiger charge is -2.35. The van der Waals surface area contributed by atoms with Crippen LogP contribution >= 0.6 is 0 Å². The van der Waals surface area contributed by atoms with Crippen molar-refractivity contribution in [3.63, 3.8) is 0 Å². The van der Waals surface area contributed by atoms with Crippen molar-refractivity contribution in [3.8, 4) is 67.1 Å². The van der Waals surface area contributed by atoms with Crippen LogP contribution in [0.1, 0.15) is 186 Å². The molecule has 626 valence electrons. The third-order valence-corrected chi connectivity index (χ3v) is 27.0. The largest absolute Gasteiger partial charge is 0.494 e. The van der Waals surface area contributed by atoms with Crippen molar-refractivity contribution in [2.45, 2.75) is 154 Å². The molecule has 0 amide bonds. The molecular formula is C122H116N2O2. The molecule has 2 atom stereocenters. The van der Waals surface area contributed by atoms with Gasteiger partial charge in [-0.1, -0.05) is 360 Å². The van der Waals surface area contributed by atoms with E-state index in [1.165, 1.54) is 133 Å². The Morgan fingerprint density at radius 1 is 0.302 bits per heavy atom. The quantitative estimate of drug-likeness (QED) is 0.0404. The van der Waals surface area contributed by atoms with Gasteiger partial charge in [-0.05, 0) is 293 Å². The molecule has 2 unspecified atom stereocenters. The molecule has 4 heteroatoms. The lowest BCUT2D eigenvalue weighted by atomic mass is 9.68. The first kappa shape index (κ1) is 83.6. The molecule has 0 N–H and O–H groups in total. The number of aryl methyl sites for hydroxylation is 2. The van der Waals surface area contributed by atoms with Gasteiger partial charge in [0.25, 0.3) is 0 Å². The van der Waals surface area contributed by atoms with Crippen LogP contribution in [0.2, 0.25) is 0 Å². The Kier molecular flexibility index (Phi) is 24.0. The molecule has 0 saturated carbocycles. The maximum Gasteiger partial charge on any atom is 0.119 e. The molecule has 0 spiro atoms. The van der Waals surface area contributed by atoms with Crippen molar-refractivity contribution in [1.29, 1.82) is 0 Å². The standard InChI is InChI=1S/C122H116N2O2/c1-11-15-35-91-81-115(123(97-65-53-89(54-66-97)87-37-19-17-20-38-87)99-69-75-105-103-41-27-29-47-111(103)121(113(105)83-99,95-61-57-93(58-62-95)119(5,6)7)77-31-33-79-125-101-71-49-85(13-3)50-72-101)107-43-23-25-45-109(107)117(91)118-92(36-16-12-2)82-116(108-44-24-26-46-110(108)118)124(98-67-55-90(56-68-98)88-39-21-18-22-40-88)100-70-76-106-104-42-28-30-48-112(104)122(114(106)84-100,96-63-59-94(60-64-96)120(8,9)10)78-32-34-80-126-102-73-51-86(14-4)52-74-102/h13-14,17-30,37-76,81-84H,3-4,11-12,15-16,31-36,77-80H2,1-2,5-10H3. The minimum absolute atomic E-state index is 0.0199. The Bertz CT molecular complexity index is 6170. The SMILES string of the molecule is C=Cc1ccc(OCCCCC2(c3ccc(C(C)(C)C)cc3)c3ccccc3-c3ccc(N(c4ccc(-c5ccccc5)cc4)c4cc(CCCC)c(-c5c(CCCC)cc(N(c6ccc(-c7ccccc7)cc6)c6ccc7c(c6)C(CCCCOc6ccc(C=C)cc6)(c6ccc(C(C)(C)C)cc6)c6ccccc6-7)c6ccccc56)c5ccccc45)cc32)cc1. The second kappa shape index (κ2) is 36.1. The first-order valence-electron chi connectivity index (χ1n) is 46.0. The number of rotatable bonds is 31. The zero-order chi connectivity index (χ0) is 86.5. The van der Waals surface area contributed by atoms with E-state index in [9.17, 15) is 0 Å². The molecule has 2 aliphatic carbocycles. The summed E-state index contributed by atoms with van der Waals surface area (Å²) in [4.78, 5) is 5.23. The fraction of sp³-hybridized carbons (Fsp3) is 0.213. The fourth-order valence-corrected chi connectivity index (χ4v) is 20.3. The second-order valence-corrected chi connectivity index (χ2v) is 36.8. The Hall–Kier alpha value is -13.3. The van der Waals surface area contributed by atoms with Crippen LogP contribution < -0.4 is 19.3 Å². The second-order valence-electron chi connectivity index (χ2n) is 36.8. The monoisotopic (exact) mass is 1640 g/mol. The molecule has 0 bridgehead atoms. The van der Waals surface area contributed by atoms with Gasteiger partial charge in [-0.25, -0.2) is 0 Å². The molecular weight excluding hydrogens is 1530 g/mol. The lowest BCUT2D eigenvalue weighted by Crippen LogP contribution is -2.28. The summed E-state index contributed by atoms with van der Waals surface area (Å²) in [5, 5.41) is 4.89. The average Bonchev–Trinajstić information content (AvgIpc) is 1.02. The third-order valence-electron chi connectivity index (χ3n) is 27.0. The van der Waals surface area contributed by atoms with E-state index in [4.69, 9.17) is 9.47 Å². The van der Waals surface area contributed by atoms with Gasteiger partial charge in [-0.3, -0.25) is 0 Å². The molecule has 126 heavy (non-hydrogen) atoms. The van der Waals surface area contributed by atoms with Crippen LogP contribution in [0.3, 0.4) is 0 Å². The summed E-state index contributed by atoms with van der Waals surface area (Å²) in [6, 6.07) is 134. The molecule has 0 aliphatic heterocycles. The number of ether oxygens (including phenoxy) is 2. The van der Waals surface area contributed by atoms with Gasteiger partial charge < -0.3 is 19.3 Å². The Labute approximate surface area is 748 Å². The van der Waals surface area contributed by atoms with E-state index in [1.807, 2.05) is 12.2 Å². The average molecular weight is 1640 g/mol. The zero-order valence-electron chi connectivity index (χ0n) is 74.7. The zero-order valence-corrected chi connectivity index (χ0v) is 74.7. The van der Waals surface area contributed by atoms with Crippen molar-refractivity contribution >= 4 is 67.8 Å². The third kappa shape index (κ3) is 16.2. The number of benzene rings is 16. The lowest BCUT2D eigenvalue weighted by molar-refractivity contribution is 0.301. The highest BCUT2D eigenvalue weighted by Gasteiger charge is 2.47. The van der Waals surface area contributed by atoms with Crippen LogP contribution in [0.4, 0.5) is 34.1 Å². The summed E-state index contributed by atoms with van der Waals surface area (Å²) < 4.78 is 13.1. The van der Waals surface area contributed by atoms with Gasteiger partial charge in [0.1, 0.15) is 11.5 Å². The number of hydrogen-bond donors (Lipinski definition) is 0. The summed E-state index contributed by atoms with van der Waals surface area (Å²) in [5.41, 5.74) is 33.8. The number of hydrogen-bond acceptors (Lipinski definition) is 4. The van der Waals surface area contributed by atoms with Crippen LogP contribution in [0.25, 0.3) is 89.3 Å². The summed E-state index contributed by atoms with van der Waals surface area (Å²) in [5.74, 6) is 1.76. The van der Waals surface area contributed by atoms with E-state index in [0.29, 0.717) is 13.2 Å². The summed E-state index contributed by atoms with van der Waals surface area (Å²) in [7, 11) is 0. The highest BCUT2D eigenvalue weighted by molar-refractivity contribution is 6.15. The van der Waals surface area contributed by atoms with Gasteiger partial charge in [-0.15, -0.1) is 0 Å². The molecule has 18 rings (SSSR count). The van der Waals surface area contributed by atoms with Crippen molar-refractivity contribution in [3.05, 3.63) is 432 Å². The number of fused-ring (bicyclic) bond motifs is 8. The van der Waals surface area contributed by atoms with E-state index in [2.05, 4.69) is 430 Å². The Morgan fingerprint density at radius 2 is 0.635 bits per heavy atom. The van der Waals surface area contributed by atoms with Gasteiger partial charge in [0.05, 0.1) is 24.6 Å². The van der Waals surface area contributed by atoms with Crippen LogP contribution in [0.5, 0.6) is 11.5 Å². The molecule has 2 aliphatic rings.